The fourth-order valence-corrected chi connectivity index (χ4v) is 2.83. The summed E-state index contributed by atoms with van der Waals surface area (Å²) in [7, 11) is 0. The van der Waals surface area contributed by atoms with Gasteiger partial charge >= 0.3 is 0 Å². The number of hydrogen-bond acceptors (Lipinski definition) is 4. The molecule has 1 N–H and O–H groups in total. The summed E-state index contributed by atoms with van der Waals surface area (Å²) >= 11 is 0. The maximum atomic E-state index is 5.82. The lowest BCUT2D eigenvalue weighted by Gasteiger charge is -2.32. The van der Waals surface area contributed by atoms with Gasteiger partial charge in [-0.15, -0.1) is 0 Å². The molecule has 0 spiro atoms. The summed E-state index contributed by atoms with van der Waals surface area (Å²) in [6.07, 6.45) is 2.43. The van der Waals surface area contributed by atoms with Crippen molar-refractivity contribution in [2.45, 2.75) is 32.4 Å². The first kappa shape index (κ1) is 12.6. The van der Waals surface area contributed by atoms with Crippen molar-refractivity contribution in [2.75, 3.05) is 19.6 Å². The van der Waals surface area contributed by atoms with Crippen LogP contribution in [0.15, 0.2) is 28.7 Å². The van der Waals surface area contributed by atoms with Crippen LogP contribution in [0.4, 0.5) is 0 Å². The zero-order valence-corrected chi connectivity index (χ0v) is 11.4. The van der Waals surface area contributed by atoms with E-state index in [1.807, 2.05) is 24.3 Å². The smallest absolute Gasteiger partial charge is 0.209 e. The van der Waals surface area contributed by atoms with Gasteiger partial charge in [0.2, 0.25) is 5.89 Å². The molecule has 2 aromatic rings. The molecule has 0 aliphatic carbocycles. The summed E-state index contributed by atoms with van der Waals surface area (Å²) in [6, 6.07) is 8.62. The molecule has 1 aliphatic rings. The van der Waals surface area contributed by atoms with E-state index in [1.54, 1.807) is 0 Å². The molecular formula is C15H21N3O. The summed E-state index contributed by atoms with van der Waals surface area (Å²) in [5, 5.41) is 3.41. The minimum atomic E-state index is 0.654. The van der Waals surface area contributed by atoms with Gasteiger partial charge in [-0.3, -0.25) is 4.90 Å². The highest BCUT2D eigenvalue weighted by Gasteiger charge is 2.21. The Labute approximate surface area is 113 Å². The molecule has 1 aromatic heterocycles. The van der Waals surface area contributed by atoms with Crippen molar-refractivity contribution < 1.29 is 4.42 Å². The van der Waals surface area contributed by atoms with E-state index in [9.17, 15) is 0 Å². The maximum absolute atomic E-state index is 5.82. The van der Waals surface area contributed by atoms with Crippen LogP contribution in [0.5, 0.6) is 0 Å². The number of piperidine rings is 1. The van der Waals surface area contributed by atoms with Crippen LogP contribution < -0.4 is 5.32 Å². The number of oxazole rings is 1. The molecule has 3 rings (SSSR count). The SMILES string of the molecule is CCN(Cc1nc2ccccc2o1)C1CCNCC1. The summed E-state index contributed by atoms with van der Waals surface area (Å²) < 4.78 is 5.82. The van der Waals surface area contributed by atoms with Gasteiger partial charge in [-0.1, -0.05) is 19.1 Å². The molecule has 0 bridgehead atoms. The first-order chi connectivity index (χ1) is 9.36. The van der Waals surface area contributed by atoms with Crippen molar-refractivity contribution in [3.05, 3.63) is 30.2 Å². The lowest BCUT2D eigenvalue weighted by molar-refractivity contribution is 0.149. The molecule has 1 aliphatic heterocycles. The molecule has 0 unspecified atom stereocenters. The van der Waals surface area contributed by atoms with Gasteiger partial charge in [0.05, 0.1) is 6.54 Å². The second-order valence-corrected chi connectivity index (χ2v) is 5.12. The van der Waals surface area contributed by atoms with Crippen LogP contribution >= 0.6 is 0 Å². The van der Waals surface area contributed by atoms with E-state index in [-0.39, 0.29) is 0 Å². The number of hydrogen-bond donors (Lipinski definition) is 1. The van der Waals surface area contributed by atoms with Gasteiger partial charge in [0.1, 0.15) is 5.52 Å². The Kier molecular flexibility index (Phi) is 3.80. The molecule has 4 nitrogen and oxygen atoms in total. The molecule has 0 amide bonds. The summed E-state index contributed by atoms with van der Waals surface area (Å²) in [5.41, 5.74) is 1.85. The number of fused-ring (bicyclic) bond motifs is 1. The number of para-hydroxylation sites is 2. The topological polar surface area (TPSA) is 41.3 Å². The number of nitrogens with zero attached hydrogens (tertiary/aromatic N) is 2. The largest absolute Gasteiger partial charge is 0.439 e. The standard InChI is InChI=1S/C15H21N3O/c1-2-18(12-7-9-16-10-8-12)11-15-17-13-5-3-4-6-14(13)19-15/h3-6,12,16H,2,7-11H2,1H3. The third kappa shape index (κ3) is 2.80. The van der Waals surface area contributed by atoms with Crippen molar-refractivity contribution >= 4 is 11.1 Å². The molecule has 0 saturated carbocycles. The molecule has 1 fully saturated rings. The van der Waals surface area contributed by atoms with Gasteiger partial charge in [0, 0.05) is 6.04 Å². The first-order valence-electron chi connectivity index (χ1n) is 7.16. The number of nitrogens with one attached hydrogen (secondary N) is 1. The van der Waals surface area contributed by atoms with Crippen LogP contribution in [0, 0.1) is 0 Å². The van der Waals surface area contributed by atoms with Crippen LogP contribution in [0.2, 0.25) is 0 Å². The number of benzene rings is 1. The Balaban J connectivity index is 1.74. The predicted octanol–water partition coefficient (Wildman–Crippen LogP) is 2.40. The van der Waals surface area contributed by atoms with E-state index in [0.29, 0.717) is 6.04 Å². The molecule has 2 heterocycles. The second-order valence-electron chi connectivity index (χ2n) is 5.12. The van der Waals surface area contributed by atoms with Crippen molar-refractivity contribution in [1.29, 1.82) is 0 Å². The van der Waals surface area contributed by atoms with Crippen LogP contribution in [0.1, 0.15) is 25.7 Å². The quantitative estimate of drug-likeness (QED) is 0.915. The van der Waals surface area contributed by atoms with Gasteiger partial charge in [-0.25, -0.2) is 4.98 Å². The second kappa shape index (κ2) is 5.72. The lowest BCUT2D eigenvalue weighted by atomic mass is 10.0. The summed E-state index contributed by atoms with van der Waals surface area (Å²) in [5.74, 6) is 0.835. The van der Waals surface area contributed by atoms with Gasteiger partial charge in [-0.2, -0.15) is 0 Å². The first-order valence-corrected chi connectivity index (χ1v) is 7.16. The highest BCUT2D eigenvalue weighted by molar-refractivity contribution is 5.72. The highest BCUT2D eigenvalue weighted by Crippen LogP contribution is 2.19. The van der Waals surface area contributed by atoms with Crippen molar-refractivity contribution in [2.24, 2.45) is 0 Å². The van der Waals surface area contributed by atoms with Gasteiger partial charge in [0.25, 0.3) is 0 Å². The van der Waals surface area contributed by atoms with Crippen molar-refractivity contribution in [1.82, 2.24) is 15.2 Å². The van der Waals surface area contributed by atoms with Crippen LogP contribution in [0.3, 0.4) is 0 Å². The van der Waals surface area contributed by atoms with Crippen LogP contribution in [-0.4, -0.2) is 35.6 Å². The molecule has 4 heteroatoms. The molecule has 1 saturated heterocycles. The van der Waals surface area contributed by atoms with Crippen LogP contribution in [0.25, 0.3) is 11.1 Å². The summed E-state index contributed by atoms with van der Waals surface area (Å²) in [4.78, 5) is 7.05. The zero-order valence-electron chi connectivity index (χ0n) is 11.4. The monoisotopic (exact) mass is 259 g/mol. The fraction of sp³-hybridized carbons (Fsp3) is 0.533. The van der Waals surface area contributed by atoms with Crippen molar-refractivity contribution in [3.8, 4) is 0 Å². The maximum Gasteiger partial charge on any atom is 0.209 e. The van der Waals surface area contributed by atoms with Gasteiger partial charge in [-0.05, 0) is 44.6 Å². The predicted molar refractivity (Wildman–Crippen MR) is 76.0 cm³/mol. The van der Waals surface area contributed by atoms with Gasteiger partial charge < -0.3 is 9.73 Å². The molecule has 19 heavy (non-hydrogen) atoms. The highest BCUT2D eigenvalue weighted by atomic mass is 16.3. The van der Waals surface area contributed by atoms with E-state index in [1.165, 1.54) is 12.8 Å². The van der Waals surface area contributed by atoms with E-state index in [0.717, 1.165) is 43.2 Å². The minimum absolute atomic E-state index is 0.654. The minimum Gasteiger partial charge on any atom is -0.439 e. The van der Waals surface area contributed by atoms with Crippen LogP contribution in [-0.2, 0) is 6.54 Å². The van der Waals surface area contributed by atoms with E-state index in [4.69, 9.17) is 4.42 Å². The fourth-order valence-electron chi connectivity index (χ4n) is 2.83. The molecule has 0 radical (unpaired) electrons. The Morgan fingerprint density at radius 1 is 1.32 bits per heavy atom. The van der Waals surface area contributed by atoms with E-state index >= 15 is 0 Å². The van der Waals surface area contributed by atoms with E-state index in [2.05, 4.69) is 22.1 Å². The third-order valence-corrected chi connectivity index (χ3v) is 3.91. The Morgan fingerprint density at radius 2 is 2.11 bits per heavy atom. The Hall–Kier alpha value is -1.39. The third-order valence-electron chi connectivity index (χ3n) is 3.91. The Morgan fingerprint density at radius 3 is 2.84 bits per heavy atom. The number of rotatable bonds is 4. The molecule has 102 valence electrons. The average molecular weight is 259 g/mol. The molecule has 1 aromatic carbocycles. The van der Waals surface area contributed by atoms with Crippen molar-refractivity contribution in [3.63, 3.8) is 0 Å². The molecular weight excluding hydrogens is 238 g/mol. The zero-order chi connectivity index (χ0) is 13.1. The number of aromatic nitrogens is 1. The average Bonchev–Trinajstić information content (AvgIpc) is 2.88. The van der Waals surface area contributed by atoms with Gasteiger partial charge in [0.15, 0.2) is 5.58 Å². The molecule has 0 atom stereocenters. The lowest BCUT2D eigenvalue weighted by Crippen LogP contribution is -2.42. The Bertz CT molecular complexity index is 498. The summed E-state index contributed by atoms with van der Waals surface area (Å²) in [6.45, 7) is 6.31. The normalized spacial score (nSPS) is 17.4. The van der Waals surface area contributed by atoms with E-state index < -0.39 is 0 Å².